The van der Waals surface area contributed by atoms with Gasteiger partial charge in [-0.3, -0.25) is 0 Å². The van der Waals surface area contributed by atoms with Crippen molar-refractivity contribution in [3.05, 3.63) is 47.3 Å². The maximum absolute atomic E-state index is 13.2. The van der Waals surface area contributed by atoms with Crippen LogP contribution < -0.4 is 0 Å². The monoisotopic (exact) mass is 280 g/mol. The number of ether oxygens (including phenoxy) is 1. The lowest BCUT2D eigenvalue weighted by molar-refractivity contribution is 0.0486. The van der Waals surface area contributed by atoms with E-state index in [1.54, 1.807) is 0 Å². The van der Waals surface area contributed by atoms with Gasteiger partial charge in [-0.1, -0.05) is 6.08 Å². The van der Waals surface area contributed by atoms with Gasteiger partial charge in [-0.15, -0.1) is 6.58 Å². The Kier molecular flexibility index (Phi) is 5.02. The smallest absolute Gasteiger partial charge is 0.344 e. The second kappa shape index (κ2) is 6.31. The summed E-state index contributed by atoms with van der Waals surface area (Å²) in [5.74, 6) is -12.7. The molecule has 0 aliphatic heterocycles. The molecule has 0 bridgehead atoms. The predicted molar refractivity (Wildman–Crippen MR) is 55.9 cm³/mol. The standard InChI is InChI=1S/C12H9F5O2/c1-2-3-4-5-19-12(18)6-7(13)9(15)11(17)10(16)8(6)14/h2H,1,3-5H2. The fourth-order valence-corrected chi connectivity index (χ4v) is 1.25. The van der Waals surface area contributed by atoms with E-state index in [0.29, 0.717) is 12.8 Å². The maximum atomic E-state index is 13.2. The minimum Gasteiger partial charge on any atom is -0.462 e. The van der Waals surface area contributed by atoms with Crippen molar-refractivity contribution in [3.63, 3.8) is 0 Å². The molecule has 19 heavy (non-hydrogen) atoms. The Balaban J connectivity index is 3.00. The van der Waals surface area contributed by atoms with Crippen molar-refractivity contribution in [1.29, 1.82) is 0 Å². The highest BCUT2D eigenvalue weighted by Crippen LogP contribution is 2.23. The Labute approximate surface area is 105 Å². The third-order valence-electron chi connectivity index (χ3n) is 2.20. The van der Waals surface area contributed by atoms with E-state index in [-0.39, 0.29) is 6.61 Å². The van der Waals surface area contributed by atoms with Crippen molar-refractivity contribution in [1.82, 2.24) is 0 Å². The molecule has 0 atom stereocenters. The number of esters is 1. The lowest BCUT2D eigenvalue weighted by Crippen LogP contribution is -2.15. The molecular weight excluding hydrogens is 271 g/mol. The molecule has 1 aromatic rings. The van der Waals surface area contributed by atoms with Crippen LogP contribution in [0.15, 0.2) is 12.7 Å². The predicted octanol–water partition coefficient (Wildman–Crippen LogP) is 3.51. The molecule has 0 spiro atoms. The van der Waals surface area contributed by atoms with Gasteiger partial charge in [0.25, 0.3) is 0 Å². The van der Waals surface area contributed by atoms with Crippen LogP contribution in [0.1, 0.15) is 23.2 Å². The zero-order chi connectivity index (χ0) is 14.6. The van der Waals surface area contributed by atoms with Crippen LogP contribution in [0, 0.1) is 29.1 Å². The SMILES string of the molecule is C=CCCCOC(=O)c1c(F)c(F)c(F)c(F)c1F. The van der Waals surface area contributed by atoms with Crippen LogP contribution in [-0.4, -0.2) is 12.6 Å². The molecule has 0 aliphatic rings. The van der Waals surface area contributed by atoms with E-state index in [1.807, 2.05) is 0 Å². The average molecular weight is 280 g/mol. The molecule has 1 rings (SSSR count). The fraction of sp³-hybridized carbons (Fsp3) is 0.250. The quantitative estimate of drug-likeness (QED) is 0.206. The Hall–Kier alpha value is -1.92. The summed E-state index contributed by atoms with van der Waals surface area (Å²) >= 11 is 0. The van der Waals surface area contributed by atoms with Crippen molar-refractivity contribution in [2.45, 2.75) is 12.8 Å². The van der Waals surface area contributed by atoms with Gasteiger partial charge in [0.05, 0.1) is 6.61 Å². The van der Waals surface area contributed by atoms with E-state index < -0.39 is 40.6 Å². The summed E-state index contributed by atoms with van der Waals surface area (Å²) in [6, 6.07) is 0. The highest BCUT2D eigenvalue weighted by molar-refractivity contribution is 5.90. The third-order valence-corrected chi connectivity index (χ3v) is 2.20. The molecule has 0 saturated heterocycles. The first-order valence-corrected chi connectivity index (χ1v) is 5.21. The van der Waals surface area contributed by atoms with Gasteiger partial charge in [0, 0.05) is 0 Å². The number of hydrogen-bond donors (Lipinski definition) is 0. The molecule has 0 aromatic heterocycles. The first kappa shape index (κ1) is 15.1. The number of benzene rings is 1. The molecule has 0 amide bonds. The molecule has 0 aliphatic carbocycles. The molecule has 0 N–H and O–H groups in total. The van der Waals surface area contributed by atoms with Gasteiger partial charge in [0.2, 0.25) is 5.82 Å². The molecule has 104 valence electrons. The molecule has 0 fully saturated rings. The number of unbranched alkanes of at least 4 members (excludes halogenated alkanes) is 1. The van der Waals surface area contributed by atoms with Crippen molar-refractivity contribution in [2.75, 3.05) is 6.61 Å². The van der Waals surface area contributed by atoms with E-state index in [2.05, 4.69) is 11.3 Å². The summed E-state index contributed by atoms with van der Waals surface area (Å²) in [5, 5.41) is 0. The Morgan fingerprint density at radius 3 is 1.95 bits per heavy atom. The van der Waals surface area contributed by atoms with Gasteiger partial charge in [-0.05, 0) is 12.8 Å². The van der Waals surface area contributed by atoms with Crippen LogP contribution in [0.2, 0.25) is 0 Å². The highest BCUT2D eigenvalue weighted by Gasteiger charge is 2.30. The number of halogens is 5. The van der Waals surface area contributed by atoms with Crippen LogP contribution >= 0.6 is 0 Å². The summed E-state index contributed by atoms with van der Waals surface area (Å²) in [6.07, 6.45) is 2.32. The zero-order valence-electron chi connectivity index (χ0n) is 9.61. The molecule has 0 heterocycles. The van der Waals surface area contributed by atoms with Crippen molar-refractivity contribution in [2.24, 2.45) is 0 Å². The van der Waals surface area contributed by atoms with Gasteiger partial charge >= 0.3 is 5.97 Å². The van der Waals surface area contributed by atoms with Gasteiger partial charge in [0.1, 0.15) is 5.56 Å². The fourth-order valence-electron chi connectivity index (χ4n) is 1.25. The number of allylic oxidation sites excluding steroid dienone is 1. The number of hydrogen-bond acceptors (Lipinski definition) is 2. The molecule has 2 nitrogen and oxygen atoms in total. The van der Waals surface area contributed by atoms with E-state index in [0.717, 1.165) is 0 Å². The molecular formula is C12H9F5O2. The van der Waals surface area contributed by atoms with E-state index in [4.69, 9.17) is 0 Å². The number of carbonyl (C=O) groups excluding carboxylic acids is 1. The zero-order valence-corrected chi connectivity index (χ0v) is 9.61. The third kappa shape index (κ3) is 3.10. The Bertz CT molecular complexity index is 484. The minimum absolute atomic E-state index is 0.218. The Morgan fingerprint density at radius 2 is 1.47 bits per heavy atom. The van der Waals surface area contributed by atoms with Crippen LogP contribution in [0.5, 0.6) is 0 Å². The normalized spacial score (nSPS) is 10.4. The molecule has 0 unspecified atom stereocenters. The molecule has 0 radical (unpaired) electrons. The maximum Gasteiger partial charge on any atom is 0.344 e. The molecule has 0 saturated carbocycles. The lowest BCUT2D eigenvalue weighted by Gasteiger charge is -2.08. The second-order valence-electron chi connectivity index (χ2n) is 3.51. The molecule has 1 aromatic carbocycles. The summed E-state index contributed by atoms with van der Waals surface area (Å²) in [4.78, 5) is 11.3. The van der Waals surface area contributed by atoms with Crippen molar-refractivity contribution >= 4 is 5.97 Å². The van der Waals surface area contributed by atoms with Gasteiger partial charge < -0.3 is 4.74 Å². The second-order valence-corrected chi connectivity index (χ2v) is 3.51. The summed E-state index contributed by atoms with van der Waals surface area (Å²) < 4.78 is 69.2. The summed E-state index contributed by atoms with van der Waals surface area (Å²) in [6.45, 7) is 3.18. The number of carbonyl (C=O) groups is 1. The van der Waals surface area contributed by atoms with Gasteiger partial charge in [0.15, 0.2) is 23.3 Å². The lowest BCUT2D eigenvalue weighted by atomic mass is 10.1. The van der Waals surface area contributed by atoms with E-state index in [9.17, 15) is 26.7 Å². The first-order valence-electron chi connectivity index (χ1n) is 5.21. The average Bonchev–Trinajstić information content (AvgIpc) is 2.39. The first-order chi connectivity index (χ1) is 8.91. The van der Waals surface area contributed by atoms with Gasteiger partial charge in [-0.2, -0.15) is 0 Å². The summed E-state index contributed by atoms with van der Waals surface area (Å²) in [7, 11) is 0. The van der Waals surface area contributed by atoms with E-state index >= 15 is 0 Å². The highest BCUT2D eigenvalue weighted by atomic mass is 19.2. The summed E-state index contributed by atoms with van der Waals surface area (Å²) in [5.41, 5.74) is -1.59. The minimum atomic E-state index is -2.32. The van der Waals surface area contributed by atoms with Crippen LogP contribution in [0.3, 0.4) is 0 Å². The van der Waals surface area contributed by atoms with Crippen LogP contribution in [0.4, 0.5) is 22.0 Å². The van der Waals surface area contributed by atoms with Crippen molar-refractivity contribution in [3.8, 4) is 0 Å². The Morgan fingerprint density at radius 1 is 1.00 bits per heavy atom. The van der Waals surface area contributed by atoms with Crippen LogP contribution in [-0.2, 0) is 4.74 Å². The van der Waals surface area contributed by atoms with Crippen molar-refractivity contribution < 1.29 is 31.5 Å². The topological polar surface area (TPSA) is 26.3 Å². The molecule has 7 heteroatoms. The van der Waals surface area contributed by atoms with Gasteiger partial charge in [-0.25, -0.2) is 26.7 Å². The largest absolute Gasteiger partial charge is 0.462 e. The number of rotatable bonds is 5. The van der Waals surface area contributed by atoms with E-state index in [1.165, 1.54) is 6.08 Å². The van der Waals surface area contributed by atoms with Crippen LogP contribution in [0.25, 0.3) is 0 Å².